The van der Waals surface area contributed by atoms with Crippen molar-refractivity contribution in [2.45, 2.75) is 24.9 Å². The first-order valence-corrected chi connectivity index (χ1v) is 6.82. The van der Waals surface area contributed by atoms with E-state index in [1.165, 1.54) is 0 Å². The third kappa shape index (κ3) is 3.51. The van der Waals surface area contributed by atoms with Crippen molar-refractivity contribution in [1.82, 2.24) is 4.90 Å². The largest absolute Gasteiger partial charge is 0.393 e. The van der Waals surface area contributed by atoms with Gasteiger partial charge in [-0.3, -0.25) is 4.90 Å². The molecule has 0 aliphatic carbocycles. The lowest BCUT2D eigenvalue weighted by atomic mass is 9.97. The Morgan fingerprint density at radius 2 is 2.17 bits per heavy atom. The van der Waals surface area contributed by atoms with Gasteiger partial charge in [-0.25, -0.2) is 0 Å². The fourth-order valence-electron chi connectivity index (χ4n) is 2.50. The number of nitrogens with zero attached hydrogens (tertiary/aromatic N) is 1. The van der Waals surface area contributed by atoms with E-state index < -0.39 is 0 Å². The van der Waals surface area contributed by atoms with Gasteiger partial charge in [0.1, 0.15) is 0 Å². The number of rotatable bonds is 4. The average Bonchev–Trinajstić information content (AvgIpc) is 2.37. The smallest absolute Gasteiger partial charge is 0.0816 e. The molecule has 4 heteroatoms. The van der Waals surface area contributed by atoms with E-state index in [-0.39, 0.29) is 12.0 Å². The maximum atomic E-state index is 9.70. The van der Waals surface area contributed by atoms with Gasteiger partial charge in [0.05, 0.1) is 11.1 Å². The number of piperidine rings is 1. The highest BCUT2D eigenvalue weighted by Crippen LogP contribution is 2.20. The molecular formula is C14H20N2OS. The summed E-state index contributed by atoms with van der Waals surface area (Å²) in [6, 6.07) is 10.1. The fraction of sp³-hybridized carbons (Fsp3) is 0.500. The molecule has 1 fully saturated rings. The van der Waals surface area contributed by atoms with E-state index in [0.29, 0.717) is 4.99 Å². The van der Waals surface area contributed by atoms with Gasteiger partial charge in [0.2, 0.25) is 0 Å². The second-order valence-corrected chi connectivity index (χ2v) is 5.39. The molecule has 0 bridgehead atoms. The van der Waals surface area contributed by atoms with Gasteiger partial charge >= 0.3 is 0 Å². The van der Waals surface area contributed by atoms with Crippen molar-refractivity contribution in [1.29, 1.82) is 0 Å². The summed E-state index contributed by atoms with van der Waals surface area (Å²) in [7, 11) is 0. The van der Waals surface area contributed by atoms with Gasteiger partial charge < -0.3 is 10.8 Å². The minimum absolute atomic E-state index is 0.0755. The number of likely N-dealkylation sites (tertiary alicyclic amines) is 1. The fourth-order valence-corrected chi connectivity index (χ4v) is 2.71. The predicted molar refractivity (Wildman–Crippen MR) is 77.6 cm³/mol. The topological polar surface area (TPSA) is 49.5 Å². The SMILES string of the molecule is NC(=S)C(CN1CCCC(O)C1)c1ccccc1. The number of hydrogen-bond donors (Lipinski definition) is 2. The van der Waals surface area contributed by atoms with E-state index in [1.807, 2.05) is 18.2 Å². The van der Waals surface area contributed by atoms with Crippen molar-refractivity contribution in [3.63, 3.8) is 0 Å². The lowest BCUT2D eigenvalue weighted by molar-refractivity contribution is 0.0702. The van der Waals surface area contributed by atoms with Crippen LogP contribution in [0.4, 0.5) is 0 Å². The van der Waals surface area contributed by atoms with Gasteiger partial charge in [0, 0.05) is 19.0 Å². The van der Waals surface area contributed by atoms with Crippen LogP contribution in [0.15, 0.2) is 30.3 Å². The third-order valence-corrected chi connectivity index (χ3v) is 3.75. The molecule has 18 heavy (non-hydrogen) atoms. The number of hydrogen-bond acceptors (Lipinski definition) is 3. The summed E-state index contributed by atoms with van der Waals surface area (Å²) >= 11 is 5.19. The van der Waals surface area contributed by atoms with Crippen LogP contribution in [0.2, 0.25) is 0 Å². The summed E-state index contributed by atoms with van der Waals surface area (Å²) in [4.78, 5) is 2.78. The Kier molecular flexibility index (Phi) is 4.69. The number of benzene rings is 1. The van der Waals surface area contributed by atoms with E-state index >= 15 is 0 Å². The van der Waals surface area contributed by atoms with E-state index in [9.17, 15) is 5.11 Å². The summed E-state index contributed by atoms with van der Waals surface area (Å²) in [5.41, 5.74) is 7.02. The van der Waals surface area contributed by atoms with Crippen molar-refractivity contribution >= 4 is 17.2 Å². The Morgan fingerprint density at radius 1 is 1.44 bits per heavy atom. The van der Waals surface area contributed by atoms with Crippen molar-refractivity contribution in [2.75, 3.05) is 19.6 Å². The van der Waals surface area contributed by atoms with Crippen molar-refractivity contribution in [3.05, 3.63) is 35.9 Å². The van der Waals surface area contributed by atoms with E-state index in [1.54, 1.807) is 0 Å². The van der Waals surface area contributed by atoms with Gasteiger partial charge in [0.15, 0.2) is 0 Å². The molecule has 1 aliphatic rings. The highest BCUT2D eigenvalue weighted by Gasteiger charge is 2.23. The molecule has 2 atom stereocenters. The second-order valence-electron chi connectivity index (χ2n) is 4.92. The Balaban J connectivity index is 2.05. The number of aliphatic hydroxyl groups is 1. The maximum absolute atomic E-state index is 9.70. The standard InChI is InChI=1S/C14H20N2OS/c15-14(18)13(11-5-2-1-3-6-11)10-16-8-4-7-12(17)9-16/h1-3,5-6,12-13,17H,4,7-10H2,(H2,15,18). The Morgan fingerprint density at radius 3 is 2.78 bits per heavy atom. The molecule has 0 spiro atoms. The van der Waals surface area contributed by atoms with Crippen LogP contribution < -0.4 is 5.73 Å². The molecule has 0 amide bonds. The molecule has 1 saturated heterocycles. The van der Waals surface area contributed by atoms with Gasteiger partial charge in [-0.05, 0) is 24.9 Å². The summed E-state index contributed by atoms with van der Waals surface area (Å²) < 4.78 is 0. The van der Waals surface area contributed by atoms with Crippen molar-refractivity contribution in [3.8, 4) is 0 Å². The quantitative estimate of drug-likeness (QED) is 0.810. The van der Waals surface area contributed by atoms with Crippen LogP contribution in [0.3, 0.4) is 0 Å². The molecule has 3 N–H and O–H groups in total. The maximum Gasteiger partial charge on any atom is 0.0816 e. The van der Waals surface area contributed by atoms with E-state index in [4.69, 9.17) is 18.0 Å². The van der Waals surface area contributed by atoms with Crippen LogP contribution in [0.5, 0.6) is 0 Å². The number of aliphatic hydroxyl groups excluding tert-OH is 1. The van der Waals surface area contributed by atoms with Crippen LogP contribution in [-0.2, 0) is 0 Å². The zero-order chi connectivity index (χ0) is 13.0. The number of nitrogens with two attached hydrogens (primary N) is 1. The molecule has 0 aromatic heterocycles. The monoisotopic (exact) mass is 264 g/mol. The minimum atomic E-state index is -0.207. The zero-order valence-corrected chi connectivity index (χ0v) is 11.3. The highest BCUT2D eigenvalue weighted by atomic mass is 32.1. The summed E-state index contributed by atoms with van der Waals surface area (Å²) in [6.45, 7) is 2.55. The number of β-amino-alcohol motifs (C(OH)–C–C–N with tert-alkyl or cyclic N) is 1. The molecule has 1 aromatic carbocycles. The van der Waals surface area contributed by atoms with Gasteiger partial charge in [-0.2, -0.15) is 0 Å². The lowest BCUT2D eigenvalue weighted by Crippen LogP contribution is -2.42. The van der Waals surface area contributed by atoms with Gasteiger partial charge in [-0.15, -0.1) is 0 Å². The summed E-state index contributed by atoms with van der Waals surface area (Å²) in [5.74, 6) is 0.0755. The van der Waals surface area contributed by atoms with E-state index in [0.717, 1.165) is 38.0 Å². The summed E-state index contributed by atoms with van der Waals surface area (Å²) in [5, 5.41) is 9.70. The Hall–Kier alpha value is -0.970. The molecule has 1 aliphatic heterocycles. The lowest BCUT2D eigenvalue weighted by Gasteiger charge is -2.32. The normalized spacial score (nSPS) is 22.6. The van der Waals surface area contributed by atoms with Gasteiger partial charge in [0.25, 0.3) is 0 Å². The first kappa shape index (κ1) is 13.5. The Labute approximate surface area is 114 Å². The molecule has 2 rings (SSSR count). The minimum Gasteiger partial charge on any atom is -0.393 e. The zero-order valence-electron chi connectivity index (χ0n) is 10.5. The predicted octanol–water partition coefficient (Wildman–Crippen LogP) is 1.51. The van der Waals surface area contributed by atoms with Gasteiger partial charge in [-0.1, -0.05) is 42.5 Å². The molecular weight excluding hydrogens is 244 g/mol. The molecule has 1 aromatic rings. The highest BCUT2D eigenvalue weighted by molar-refractivity contribution is 7.80. The van der Waals surface area contributed by atoms with Crippen LogP contribution in [0, 0.1) is 0 Å². The third-order valence-electron chi connectivity index (χ3n) is 3.47. The summed E-state index contributed by atoms with van der Waals surface area (Å²) in [6.07, 6.45) is 1.74. The van der Waals surface area contributed by atoms with Crippen molar-refractivity contribution in [2.24, 2.45) is 5.73 Å². The van der Waals surface area contributed by atoms with Crippen LogP contribution in [-0.4, -0.2) is 40.7 Å². The molecule has 1 heterocycles. The first-order valence-electron chi connectivity index (χ1n) is 6.41. The first-order chi connectivity index (χ1) is 8.66. The molecule has 2 unspecified atom stereocenters. The average molecular weight is 264 g/mol. The molecule has 98 valence electrons. The van der Waals surface area contributed by atoms with Crippen LogP contribution in [0.1, 0.15) is 24.3 Å². The Bertz CT molecular complexity index is 396. The van der Waals surface area contributed by atoms with Crippen LogP contribution >= 0.6 is 12.2 Å². The number of thiocarbonyl (C=S) groups is 1. The van der Waals surface area contributed by atoms with Crippen LogP contribution in [0.25, 0.3) is 0 Å². The van der Waals surface area contributed by atoms with Crippen molar-refractivity contribution < 1.29 is 5.11 Å². The van der Waals surface area contributed by atoms with E-state index in [2.05, 4.69) is 17.0 Å². The molecule has 0 radical (unpaired) electrons. The molecule has 3 nitrogen and oxygen atoms in total. The second kappa shape index (κ2) is 6.27. The molecule has 0 saturated carbocycles.